The minimum absolute atomic E-state index is 0.240. The number of nitrogens with one attached hydrogen (secondary N) is 1. The lowest BCUT2D eigenvalue weighted by Gasteiger charge is -2.25. The van der Waals surface area contributed by atoms with Crippen LogP contribution in [0.4, 0.5) is 0 Å². The second-order valence-corrected chi connectivity index (χ2v) is 5.46. The van der Waals surface area contributed by atoms with Crippen LogP contribution >= 0.6 is 11.8 Å². The summed E-state index contributed by atoms with van der Waals surface area (Å²) in [5, 5.41) is 3.02. The van der Waals surface area contributed by atoms with Crippen LogP contribution in [0.3, 0.4) is 0 Å². The van der Waals surface area contributed by atoms with Gasteiger partial charge in [-0.05, 0) is 32.5 Å². The molecule has 0 spiro atoms. The molecule has 0 aliphatic rings. The van der Waals surface area contributed by atoms with Crippen molar-refractivity contribution in [3.05, 3.63) is 24.3 Å². The number of methoxy groups -OCH3 is 2. The maximum Gasteiger partial charge on any atom is 0.325 e. The Balaban J connectivity index is 2.60. The fourth-order valence-corrected chi connectivity index (χ4v) is 2.86. The number of likely N-dealkylation sites (N-methyl/N-ethyl adjacent to an activating group) is 1. The molecule has 0 bridgehead atoms. The second kappa shape index (κ2) is 7.40. The zero-order chi connectivity index (χ0) is 14.3. The third kappa shape index (κ3) is 4.14. The minimum Gasteiger partial charge on any atom is -0.496 e. The van der Waals surface area contributed by atoms with E-state index in [-0.39, 0.29) is 5.97 Å². The number of hydrogen-bond donors (Lipinski definition) is 1. The highest BCUT2D eigenvalue weighted by atomic mass is 32.2. The van der Waals surface area contributed by atoms with E-state index in [4.69, 9.17) is 9.47 Å². The first-order valence-corrected chi connectivity index (χ1v) is 7.09. The van der Waals surface area contributed by atoms with Gasteiger partial charge in [-0.1, -0.05) is 12.1 Å². The quantitative estimate of drug-likeness (QED) is 0.615. The van der Waals surface area contributed by atoms with Gasteiger partial charge in [-0.3, -0.25) is 4.79 Å². The monoisotopic (exact) mass is 283 g/mol. The molecule has 0 aliphatic heterocycles. The van der Waals surface area contributed by atoms with Crippen molar-refractivity contribution < 1.29 is 14.3 Å². The highest BCUT2D eigenvalue weighted by Gasteiger charge is 2.31. The average molecular weight is 283 g/mol. The molecule has 0 saturated carbocycles. The zero-order valence-electron chi connectivity index (χ0n) is 11.9. The summed E-state index contributed by atoms with van der Waals surface area (Å²) in [6, 6.07) is 7.86. The van der Waals surface area contributed by atoms with Crippen molar-refractivity contribution in [2.45, 2.75) is 23.8 Å². The van der Waals surface area contributed by atoms with Crippen LogP contribution in [0.15, 0.2) is 29.2 Å². The van der Waals surface area contributed by atoms with E-state index in [0.717, 1.165) is 16.4 Å². The number of rotatable bonds is 7. The second-order valence-electron chi connectivity index (χ2n) is 4.32. The van der Waals surface area contributed by atoms with Crippen molar-refractivity contribution in [3.63, 3.8) is 0 Å². The number of benzene rings is 1. The van der Waals surface area contributed by atoms with Crippen LogP contribution in [0.25, 0.3) is 0 Å². The summed E-state index contributed by atoms with van der Waals surface area (Å²) in [6.45, 7) is 1.85. The average Bonchev–Trinajstić information content (AvgIpc) is 2.46. The normalized spacial score (nSPS) is 13.7. The molecule has 1 aromatic carbocycles. The molecule has 0 saturated heterocycles. The van der Waals surface area contributed by atoms with Crippen molar-refractivity contribution >= 4 is 17.7 Å². The third-order valence-corrected chi connectivity index (χ3v) is 4.17. The number of para-hydroxylation sites is 1. The summed E-state index contributed by atoms with van der Waals surface area (Å²) in [5.41, 5.74) is -0.649. The van der Waals surface area contributed by atoms with Gasteiger partial charge in [-0.25, -0.2) is 0 Å². The lowest BCUT2D eigenvalue weighted by molar-refractivity contribution is -0.147. The minimum atomic E-state index is -0.649. The number of carbonyl (C=O) groups excluding carboxylic acids is 1. The molecule has 0 aromatic heterocycles. The van der Waals surface area contributed by atoms with Crippen LogP contribution in [0.1, 0.15) is 13.3 Å². The number of carbonyl (C=O) groups is 1. The van der Waals surface area contributed by atoms with Crippen LogP contribution in [-0.2, 0) is 9.53 Å². The highest BCUT2D eigenvalue weighted by molar-refractivity contribution is 7.99. The zero-order valence-corrected chi connectivity index (χ0v) is 12.7. The Bertz CT molecular complexity index is 425. The van der Waals surface area contributed by atoms with E-state index in [1.165, 1.54) is 7.11 Å². The summed E-state index contributed by atoms with van der Waals surface area (Å²) in [6.07, 6.45) is 0.679. The van der Waals surface area contributed by atoms with Crippen LogP contribution in [0.5, 0.6) is 5.75 Å². The van der Waals surface area contributed by atoms with Gasteiger partial charge in [0.25, 0.3) is 0 Å². The van der Waals surface area contributed by atoms with Crippen molar-refractivity contribution in [2.75, 3.05) is 27.0 Å². The van der Waals surface area contributed by atoms with E-state index in [1.807, 2.05) is 31.2 Å². The number of ether oxygens (including phenoxy) is 2. The standard InChI is InChI=1S/C14H21NO3S/c1-14(15-2,13(16)18-4)9-10-19-12-8-6-5-7-11(12)17-3/h5-8,15H,9-10H2,1-4H3. The number of thioether (sulfide) groups is 1. The van der Waals surface area contributed by atoms with Crippen molar-refractivity contribution in [1.82, 2.24) is 5.32 Å². The number of hydrogen-bond acceptors (Lipinski definition) is 5. The van der Waals surface area contributed by atoms with Crippen molar-refractivity contribution in [3.8, 4) is 5.75 Å². The Labute approximate surface area is 118 Å². The molecule has 0 fully saturated rings. The molecular formula is C14H21NO3S. The predicted molar refractivity (Wildman–Crippen MR) is 77.8 cm³/mol. The van der Waals surface area contributed by atoms with Crippen LogP contribution in [-0.4, -0.2) is 38.5 Å². The molecule has 0 amide bonds. The predicted octanol–water partition coefficient (Wildman–Crippen LogP) is 2.33. The van der Waals surface area contributed by atoms with Gasteiger partial charge < -0.3 is 14.8 Å². The maximum absolute atomic E-state index is 11.7. The molecule has 0 radical (unpaired) electrons. The Morgan fingerprint density at radius 2 is 2.05 bits per heavy atom. The molecule has 1 atom stereocenters. The Kier molecular flexibility index (Phi) is 6.18. The molecule has 4 nitrogen and oxygen atoms in total. The molecular weight excluding hydrogens is 262 g/mol. The van der Waals surface area contributed by atoms with Gasteiger partial charge in [-0.15, -0.1) is 11.8 Å². The van der Waals surface area contributed by atoms with E-state index < -0.39 is 5.54 Å². The van der Waals surface area contributed by atoms with E-state index in [1.54, 1.807) is 25.9 Å². The van der Waals surface area contributed by atoms with Gasteiger partial charge in [0.1, 0.15) is 11.3 Å². The van der Waals surface area contributed by atoms with Gasteiger partial charge in [0.05, 0.1) is 14.2 Å². The van der Waals surface area contributed by atoms with Crippen molar-refractivity contribution in [1.29, 1.82) is 0 Å². The first kappa shape index (κ1) is 15.9. The molecule has 1 N–H and O–H groups in total. The van der Waals surface area contributed by atoms with Gasteiger partial charge in [-0.2, -0.15) is 0 Å². The lowest BCUT2D eigenvalue weighted by atomic mass is 10.00. The molecule has 1 unspecified atom stereocenters. The van der Waals surface area contributed by atoms with Gasteiger partial charge in [0.15, 0.2) is 0 Å². The van der Waals surface area contributed by atoms with E-state index in [2.05, 4.69) is 5.32 Å². The third-order valence-electron chi connectivity index (χ3n) is 3.12. The van der Waals surface area contributed by atoms with Crippen LogP contribution < -0.4 is 10.1 Å². The topological polar surface area (TPSA) is 47.6 Å². The SMILES string of the molecule is CNC(C)(CCSc1ccccc1OC)C(=O)OC. The first-order valence-electron chi connectivity index (χ1n) is 6.10. The van der Waals surface area contributed by atoms with Gasteiger partial charge >= 0.3 is 5.97 Å². The molecule has 0 heterocycles. The van der Waals surface area contributed by atoms with E-state index in [9.17, 15) is 4.79 Å². The summed E-state index contributed by atoms with van der Waals surface area (Å²) < 4.78 is 10.1. The molecule has 1 rings (SSSR count). The van der Waals surface area contributed by atoms with Gasteiger partial charge in [0, 0.05) is 10.6 Å². The summed E-state index contributed by atoms with van der Waals surface area (Å²) in [4.78, 5) is 12.8. The summed E-state index contributed by atoms with van der Waals surface area (Å²) >= 11 is 1.67. The molecule has 0 aliphatic carbocycles. The maximum atomic E-state index is 11.7. The van der Waals surface area contributed by atoms with E-state index >= 15 is 0 Å². The molecule has 19 heavy (non-hydrogen) atoms. The van der Waals surface area contributed by atoms with Crippen molar-refractivity contribution in [2.24, 2.45) is 0 Å². The molecule has 5 heteroatoms. The molecule has 106 valence electrons. The summed E-state index contributed by atoms with van der Waals surface area (Å²) in [7, 11) is 4.83. The lowest BCUT2D eigenvalue weighted by Crippen LogP contribution is -2.48. The Hall–Kier alpha value is -1.20. The largest absolute Gasteiger partial charge is 0.496 e. The van der Waals surface area contributed by atoms with E-state index in [0.29, 0.717) is 6.42 Å². The Morgan fingerprint density at radius 3 is 2.63 bits per heavy atom. The number of esters is 1. The fraction of sp³-hybridized carbons (Fsp3) is 0.500. The van der Waals surface area contributed by atoms with Crippen LogP contribution in [0.2, 0.25) is 0 Å². The molecule has 1 aromatic rings. The summed E-state index contributed by atoms with van der Waals surface area (Å²) in [5.74, 6) is 1.42. The first-order chi connectivity index (χ1) is 9.07. The Morgan fingerprint density at radius 1 is 1.37 bits per heavy atom. The van der Waals surface area contributed by atoms with Crippen LogP contribution in [0, 0.1) is 0 Å². The van der Waals surface area contributed by atoms with Gasteiger partial charge in [0.2, 0.25) is 0 Å². The smallest absolute Gasteiger partial charge is 0.325 e. The fourth-order valence-electron chi connectivity index (χ4n) is 1.66. The highest BCUT2D eigenvalue weighted by Crippen LogP contribution is 2.30.